The number of benzene rings is 2. The van der Waals surface area contributed by atoms with Crippen LogP contribution in [0, 0.1) is 6.92 Å². The molecule has 3 heteroatoms. The van der Waals surface area contributed by atoms with E-state index in [2.05, 4.69) is 71.2 Å². The van der Waals surface area contributed by atoms with Crippen LogP contribution in [0.1, 0.15) is 16.7 Å². The van der Waals surface area contributed by atoms with Crippen molar-refractivity contribution < 1.29 is 0 Å². The summed E-state index contributed by atoms with van der Waals surface area (Å²) in [5, 5.41) is 0. The van der Waals surface area contributed by atoms with Crippen molar-refractivity contribution >= 4 is 21.6 Å². The highest BCUT2D eigenvalue weighted by atomic mass is 79.9. The molecule has 0 unspecified atom stereocenters. The van der Waals surface area contributed by atoms with E-state index in [1.807, 2.05) is 6.07 Å². The van der Waals surface area contributed by atoms with Gasteiger partial charge in [-0.1, -0.05) is 40.2 Å². The van der Waals surface area contributed by atoms with E-state index in [1.165, 1.54) is 22.4 Å². The SMILES string of the molecule is Cc1cc(N(C)Cc2ccccc2Br)ccc1CCN. The molecule has 2 nitrogen and oxygen atoms in total. The van der Waals surface area contributed by atoms with Crippen molar-refractivity contribution in [1.29, 1.82) is 0 Å². The second-order valence-electron chi connectivity index (χ2n) is 5.10. The molecular formula is C17H21BrN2. The number of rotatable bonds is 5. The first-order valence-corrected chi connectivity index (χ1v) is 7.65. The van der Waals surface area contributed by atoms with E-state index < -0.39 is 0 Å². The Morgan fingerprint density at radius 1 is 1.10 bits per heavy atom. The number of nitrogens with two attached hydrogens (primary N) is 1. The molecule has 0 heterocycles. The highest BCUT2D eigenvalue weighted by Gasteiger charge is 2.06. The largest absolute Gasteiger partial charge is 0.370 e. The summed E-state index contributed by atoms with van der Waals surface area (Å²) in [7, 11) is 2.12. The van der Waals surface area contributed by atoms with Crippen LogP contribution in [0.25, 0.3) is 0 Å². The van der Waals surface area contributed by atoms with Gasteiger partial charge in [-0.25, -0.2) is 0 Å². The Morgan fingerprint density at radius 2 is 1.85 bits per heavy atom. The Kier molecular flexibility index (Phi) is 5.21. The summed E-state index contributed by atoms with van der Waals surface area (Å²) >= 11 is 3.60. The van der Waals surface area contributed by atoms with Crippen molar-refractivity contribution in [1.82, 2.24) is 0 Å². The Hall–Kier alpha value is -1.32. The molecule has 0 radical (unpaired) electrons. The van der Waals surface area contributed by atoms with E-state index in [1.54, 1.807) is 0 Å². The van der Waals surface area contributed by atoms with Crippen LogP contribution in [0.4, 0.5) is 5.69 Å². The topological polar surface area (TPSA) is 29.3 Å². The number of hydrogen-bond acceptors (Lipinski definition) is 2. The highest BCUT2D eigenvalue weighted by Crippen LogP contribution is 2.23. The zero-order valence-electron chi connectivity index (χ0n) is 12.1. The van der Waals surface area contributed by atoms with Crippen molar-refractivity contribution in [3.63, 3.8) is 0 Å². The molecule has 0 fully saturated rings. The van der Waals surface area contributed by atoms with Crippen molar-refractivity contribution in [3.05, 3.63) is 63.6 Å². The molecule has 0 aliphatic heterocycles. The van der Waals surface area contributed by atoms with Gasteiger partial charge in [-0.3, -0.25) is 0 Å². The van der Waals surface area contributed by atoms with E-state index in [-0.39, 0.29) is 0 Å². The minimum atomic E-state index is 0.701. The van der Waals surface area contributed by atoms with Crippen molar-refractivity contribution in [2.45, 2.75) is 19.9 Å². The molecule has 0 saturated heterocycles. The molecule has 106 valence electrons. The lowest BCUT2D eigenvalue weighted by atomic mass is 10.0. The predicted molar refractivity (Wildman–Crippen MR) is 90.2 cm³/mol. The molecule has 2 aromatic carbocycles. The Bertz CT molecular complexity index is 581. The molecular weight excluding hydrogens is 312 g/mol. The quantitative estimate of drug-likeness (QED) is 0.899. The molecule has 0 amide bonds. The zero-order valence-corrected chi connectivity index (χ0v) is 13.7. The van der Waals surface area contributed by atoms with Crippen molar-refractivity contribution in [3.8, 4) is 0 Å². The fourth-order valence-corrected chi connectivity index (χ4v) is 2.74. The molecule has 0 aliphatic carbocycles. The Balaban J connectivity index is 2.15. The Labute approximate surface area is 129 Å². The van der Waals surface area contributed by atoms with Crippen LogP contribution in [0.5, 0.6) is 0 Å². The smallest absolute Gasteiger partial charge is 0.0437 e. The predicted octanol–water partition coefficient (Wildman–Crippen LogP) is 3.90. The van der Waals surface area contributed by atoms with Crippen LogP contribution in [-0.4, -0.2) is 13.6 Å². The molecule has 0 aliphatic rings. The first-order valence-electron chi connectivity index (χ1n) is 6.86. The summed E-state index contributed by atoms with van der Waals surface area (Å²) in [6.45, 7) is 3.74. The maximum Gasteiger partial charge on any atom is 0.0437 e. The highest BCUT2D eigenvalue weighted by molar-refractivity contribution is 9.10. The van der Waals surface area contributed by atoms with E-state index >= 15 is 0 Å². The molecule has 0 spiro atoms. The average molecular weight is 333 g/mol. The lowest BCUT2D eigenvalue weighted by Gasteiger charge is -2.21. The monoisotopic (exact) mass is 332 g/mol. The van der Waals surface area contributed by atoms with Gasteiger partial charge in [0, 0.05) is 23.8 Å². The van der Waals surface area contributed by atoms with E-state index in [9.17, 15) is 0 Å². The van der Waals surface area contributed by atoms with Gasteiger partial charge in [-0.2, -0.15) is 0 Å². The Morgan fingerprint density at radius 3 is 2.50 bits per heavy atom. The summed E-state index contributed by atoms with van der Waals surface area (Å²) in [5.74, 6) is 0. The van der Waals surface area contributed by atoms with E-state index in [0.29, 0.717) is 6.54 Å². The first-order chi connectivity index (χ1) is 9.61. The van der Waals surface area contributed by atoms with Crippen LogP contribution in [0.2, 0.25) is 0 Å². The van der Waals surface area contributed by atoms with Gasteiger partial charge < -0.3 is 10.6 Å². The molecule has 0 bridgehead atoms. The van der Waals surface area contributed by atoms with Gasteiger partial charge in [-0.15, -0.1) is 0 Å². The number of hydrogen-bond donors (Lipinski definition) is 1. The molecule has 0 atom stereocenters. The van der Waals surface area contributed by atoms with Crippen LogP contribution < -0.4 is 10.6 Å². The molecule has 2 aromatic rings. The zero-order chi connectivity index (χ0) is 14.5. The van der Waals surface area contributed by atoms with Gasteiger partial charge in [-0.05, 0) is 54.8 Å². The third-order valence-electron chi connectivity index (χ3n) is 3.55. The van der Waals surface area contributed by atoms with Crippen molar-refractivity contribution in [2.75, 3.05) is 18.5 Å². The van der Waals surface area contributed by atoms with Crippen molar-refractivity contribution in [2.24, 2.45) is 5.73 Å². The van der Waals surface area contributed by atoms with Gasteiger partial charge >= 0.3 is 0 Å². The normalized spacial score (nSPS) is 10.6. The van der Waals surface area contributed by atoms with Crippen LogP contribution in [0.3, 0.4) is 0 Å². The standard InChI is InChI=1S/C17H21BrN2/c1-13-11-16(8-7-14(13)9-10-19)20(2)12-15-5-3-4-6-17(15)18/h3-8,11H,9-10,12,19H2,1-2H3. The molecule has 0 saturated carbocycles. The summed E-state index contributed by atoms with van der Waals surface area (Å²) in [6, 6.07) is 14.9. The number of anilines is 1. The second-order valence-corrected chi connectivity index (χ2v) is 5.95. The number of halogens is 1. The lowest BCUT2D eigenvalue weighted by molar-refractivity contribution is 0.911. The summed E-state index contributed by atoms with van der Waals surface area (Å²) in [5.41, 5.74) is 10.8. The van der Waals surface area contributed by atoms with Gasteiger partial charge in [0.05, 0.1) is 0 Å². The molecule has 20 heavy (non-hydrogen) atoms. The second kappa shape index (κ2) is 6.91. The maximum atomic E-state index is 5.63. The minimum absolute atomic E-state index is 0.701. The maximum absolute atomic E-state index is 5.63. The summed E-state index contributed by atoms with van der Waals surface area (Å²) < 4.78 is 1.16. The fraction of sp³-hybridized carbons (Fsp3) is 0.294. The third kappa shape index (κ3) is 3.62. The van der Waals surface area contributed by atoms with Gasteiger partial charge in [0.15, 0.2) is 0 Å². The summed E-state index contributed by atoms with van der Waals surface area (Å²) in [4.78, 5) is 2.26. The van der Waals surface area contributed by atoms with Crippen LogP contribution >= 0.6 is 15.9 Å². The van der Waals surface area contributed by atoms with Crippen LogP contribution in [0.15, 0.2) is 46.9 Å². The molecule has 2 rings (SSSR count). The summed E-state index contributed by atoms with van der Waals surface area (Å²) in [6.07, 6.45) is 0.945. The van der Waals surface area contributed by atoms with Gasteiger partial charge in [0.25, 0.3) is 0 Å². The molecule has 2 N–H and O–H groups in total. The van der Waals surface area contributed by atoms with Gasteiger partial charge in [0.2, 0.25) is 0 Å². The minimum Gasteiger partial charge on any atom is -0.370 e. The van der Waals surface area contributed by atoms with Crippen LogP contribution in [-0.2, 0) is 13.0 Å². The lowest BCUT2D eigenvalue weighted by Crippen LogP contribution is -2.17. The third-order valence-corrected chi connectivity index (χ3v) is 4.32. The van der Waals surface area contributed by atoms with Gasteiger partial charge in [0.1, 0.15) is 0 Å². The number of nitrogens with zero attached hydrogens (tertiary/aromatic N) is 1. The molecule has 0 aromatic heterocycles. The van der Waals surface area contributed by atoms with E-state index in [0.717, 1.165) is 17.4 Å². The number of aryl methyl sites for hydroxylation is 1. The average Bonchev–Trinajstić information content (AvgIpc) is 2.43. The van der Waals surface area contributed by atoms with E-state index in [4.69, 9.17) is 5.73 Å². The fourth-order valence-electron chi connectivity index (χ4n) is 2.33. The first kappa shape index (κ1) is 15.1.